The van der Waals surface area contributed by atoms with Crippen molar-refractivity contribution in [3.05, 3.63) is 108 Å². The second-order valence-corrected chi connectivity index (χ2v) is 8.14. The molecule has 2 N–H and O–H groups in total. The van der Waals surface area contributed by atoms with Gasteiger partial charge in [-0.1, -0.05) is 36.4 Å². The number of halogens is 6. The zero-order valence-electron chi connectivity index (χ0n) is 20.1. The van der Waals surface area contributed by atoms with Crippen molar-refractivity contribution in [2.24, 2.45) is 0 Å². The highest BCUT2D eigenvalue weighted by Crippen LogP contribution is 2.30. The standard InChI is InChI=1S/C28H18F6N2O4/c29-27(30,31)39-19-13-9-17(10-14-19)35-25(37)23-7-3-1-5-21(23)22-6-2-4-8-24(22)26(38)36-18-11-15-20(16-12-18)40-28(32,33)34/h1-16H,(H,35,37)(H,36,38). The quantitative estimate of drug-likeness (QED) is 0.228. The molecule has 0 radical (unpaired) electrons. The third-order valence-corrected chi connectivity index (χ3v) is 5.33. The summed E-state index contributed by atoms with van der Waals surface area (Å²) in [5.41, 5.74) is 1.53. The van der Waals surface area contributed by atoms with Crippen LogP contribution in [0.2, 0.25) is 0 Å². The van der Waals surface area contributed by atoms with Gasteiger partial charge in [0.05, 0.1) is 0 Å². The monoisotopic (exact) mass is 560 g/mol. The first-order chi connectivity index (χ1) is 18.9. The fraction of sp³-hybridized carbons (Fsp3) is 0.0714. The van der Waals surface area contributed by atoms with Crippen LogP contribution in [0.5, 0.6) is 11.5 Å². The van der Waals surface area contributed by atoms with Crippen LogP contribution in [-0.4, -0.2) is 24.5 Å². The van der Waals surface area contributed by atoms with Crippen molar-refractivity contribution < 1.29 is 45.4 Å². The molecule has 0 saturated heterocycles. The normalized spacial score (nSPS) is 11.4. The molecule has 40 heavy (non-hydrogen) atoms. The Labute approximate surface area is 223 Å². The zero-order chi connectivity index (χ0) is 28.9. The minimum absolute atomic E-state index is 0.173. The van der Waals surface area contributed by atoms with E-state index in [0.717, 1.165) is 24.3 Å². The van der Waals surface area contributed by atoms with Gasteiger partial charge in [0.1, 0.15) is 11.5 Å². The van der Waals surface area contributed by atoms with Crippen LogP contribution in [0.25, 0.3) is 11.1 Å². The van der Waals surface area contributed by atoms with Crippen LogP contribution in [0, 0.1) is 0 Å². The molecule has 0 fully saturated rings. The molecular formula is C28H18F6N2O4. The van der Waals surface area contributed by atoms with Gasteiger partial charge in [0.2, 0.25) is 0 Å². The lowest BCUT2D eigenvalue weighted by Crippen LogP contribution is -2.17. The molecule has 206 valence electrons. The van der Waals surface area contributed by atoms with Crippen molar-refractivity contribution in [2.45, 2.75) is 12.7 Å². The number of hydrogen-bond donors (Lipinski definition) is 2. The molecule has 0 aromatic heterocycles. The van der Waals surface area contributed by atoms with Crippen LogP contribution in [-0.2, 0) is 0 Å². The maximum absolute atomic E-state index is 13.1. The molecule has 0 saturated carbocycles. The molecule has 4 aromatic rings. The number of anilines is 2. The van der Waals surface area contributed by atoms with Crippen molar-refractivity contribution in [3.63, 3.8) is 0 Å². The molecule has 6 nitrogen and oxygen atoms in total. The molecule has 0 aliphatic carbocycles. The number of carbonyl (C=O) groups is 2. The van der Waals surface area contributed by atoms with Crippen LogP contribution in [0.3, 0.4) is 0 Å². The molecule has 4 rings (SSSR count). The maximum Gasteiger partial charge on any atom is 0.573 e. The Bertz CT molecular complexity index is 1390. The van der Waals surface area contributed by atoms with Crippen LogP contribution in [0.15, 0.2) is 97.1 Å². The van der Waals surface area contributed by atoms with Crippen LogP contribution in [0.1, 0.15) is 20.7 Å². The van der Waals surface area contributed by atoms with Gasteiger partial charge in [0, 0.05) is 22.5 Å². The van der Waals surface area contributed by atoms with E-state index in [1.54, 1.807) is 36.4 Å². The Morgan fingerprint density at radius 3 is 1.15 bits per heavy atom. The van der Waals surface area contributed by atoms with Gasteiger partial charge >= 0.3 is 12.7 Å². The van der Waals surface area contributed by atoms with E-state index in [1.807, 2.05) is 0 Å². The lowest BCUT2D eigenvalue weighted by molar-refractivity contribution is -0.275. The maximum atomic E-state index is 13.1. The van der Waals surface area contributed by atoms with Crippen molar-refractivity contribution in [1.29, 1.82) is 0 Å². The van der Waals surface area contributed by atoms with E-state index in [1.165, 1.54) is 36.4 Å². The number of carbonyl (C=O) groups excluding carboxylic acids is 2. The molecule has 0 aliphatic rings. The largest absolute Gasteiger partial charge is 0.573 e. The SMILES string of the molecule is O=C(Nc1ccc(OC(F)(F)F)cc1)c1ccccc1-c1ccccc1C(=O)Nc1ccc(OC(F)(F)F)cc1. The van der Waals surface area contributed by atoms with Crippen molar-refractivity contribution in [1.82, 2.24) is 0 Å². The van der Waals surface area contributed by atoms with Crippen LogP contribution in [0.4, 0.5) is 37.7 Å². The molecule has 0 spiro atoms. The highest BCUT2D eigenvalue weighted by atomic mass is 19.4. The van der Waals surface area contributed by atoms with Crippen molar-refractivity contribution >= 4 is 23.2 Å². The fourth-order valence-corrected chi connectivity index (χ4v) is 3.71. The number of alkyl halides is 6. The van der Waals surface area contributed by atoms with E-state index in [9.17, 15) is 35.9 Å². The molecule has 2 amide bonds. The average molecular weight is 560 g/mol. The summed E-state index contributed by atoms with van der Waals surface area (Å²) < 4.78 is 82.0. The summed E-state index contributed by atoms with van der Waals surface area (Å²) in [6.07, 6.45) is -9.71. The summed E-state index contributed by atoms with van der Waals surface area (Å²) in [5, 5.41) is 5.20. The summed E-state index contributed by atoms with van der Waals surface area (Å²) >= 11 is 0. The van der Waals surface area contributed by atoms with Gasteiger partial charge in [-0.3, -0.25) is 9.59 Å². The Morgan fingerprint density at radius 2 is 0.825 bits per heavy atom. The highest BCUT2D eigenvalue weighted by molar-refractivity contribution is 6.13. The van der Waals surface area contributed by atoms with Gasteiger partial charge in [-0.25, -0.2) is 0 Å². The lowest BCUT2D eigenvalue weighted by Gasteiger charge is -2.15. The number of benzene rings is 4. The third-order valence-electron chi connectivity index (χ3n) is 5.33. The molecule has 0 aliphatic heterocycles. The Hall–Kier alpha value is -5.00. The Kier molecular flexibility index (Phi) is 7.98. The van der Waals surface area contributed by atoms with E-state index < -0.39 is 36.0 Å². The minimum Gasteiger partial charge on any atom is -0.406 e. The van der Waals surface area contributed by atoms with Crippen molar-refractivity contribution in [3.8, 4) is 22.6 Å². The van der Waals surface area contributed by atoms with Crippen molar-refractivity contribution in [2.75, 3.05) is 10.6 Å². The average Bonchev–Trinajstić information content (AvgIpc) is 2.89. The first-order valence-corrected chi connectivity index (χ1v) is 11.4. The summed E-state index contributed by atoms with van der Waals surface area (Å²) in [7, 11) is 0. The topological polar surface area (TPSA) is 76.7 Å². The number of nitrogens with one attached hydrogen (secondary N) is 2. The molecule has 0 unspecified atom stereocenters. The molecular weight excluding hydrogens is 542 g/mol. The number of hydrogen-bond acceptors (Lipinski definition) is 4. The van der Waals surface area contributed by atoms with Gasteiger partial charge in [-0.15, -0.1) is 26.3 Å². The lowest BCUT2D eigenvalue weighted by atomic mass is 9.94. The van der Waals surface area contributed by atoms with E-state index in [-0.39, 0.29) is 22.5 Å². The van der Waals surface area contributed by atoms with Gasteiger partial charge in [0.15, 0.2) is 0 Å². The third kappa shape index (κ3) is 7.53. The van der Waals surface area contributed by atoms with E-state index >= 15 is 0 Å². The van der Waals surface area contributed by atoms with Gasteiger partial charge in [-0.2, -0.15) is 0 Å². The molecule has 4 aromatic carbocycles. The summed E-state index contributed by atoms with van der Waals surface area (Å²) in [5.74, 6) is -2.08. The molecule has 0 atom stereocenters. The predicted molar refractivity (Wildman–Crippen MR) is 134 cm³/mol. The fourth-order valence-electron chi connectivity index (χ4n) is 3.71. The zero-order valence-corrected chi connectivity index (χ0v) is 20.1. The first kappa shape index (κ1) is 28.0. The minimum atomic E-state index is -4.85. The first-order valence-electron chi connectivity index (χ1n) is 11.4. The van der Waals surface area contributed by atoms with Crippen LogP contribution < -0.4 is 20.1 Å². The smallest absolute Gasteiger partial charge is 0.406 e. The highest BCUT2D eigenvalue weighted by Gasteiger charge is 2.31. The van der Waals surface area contributed by atoms with Gasteiger partial charge < -0.3 is 20.1 Å². The van der Waals surface area contributed by atoms with E-state index in [4.69, 9.17) is 0 Å². The van der Waals surface area contributed by atoms with Gasteiger partial charge in [-0.05, 0) is 71.8 Å². The van der Waals surface area contributed by atoms with E-state index in [0.29, 0.717) is 11.1 Å². The number of rotatable bonds is 7. The Morgan fingerprint density at radius 1 is 0.500 bits per heavy atom. The summed E-state index contributed by atoms with van der Waals surface area (Å²) in [6.45, 7) is 0. The Balaban J connectivity index is 1.54. The molecule has 0 heterocycles. The molecule has 0 bridgehead atoms. The van der Waals surface area contributed by atoms with Gasteiger partial charge in [0.25, 0.3) is 11.8 Å². The number of ether oxygens (including phenoxy) is 2. The predicted octanol–water partition coefficient (Wildman–Crippen LogP) is 7.66. The summed E-state index contributed by atoms with van der Waals surface area (Å²) in [6, 6.07) is 22.0. The second kappa shape index (κ2) is 11.4. The van der Waals surface area contributed by atoms with E-state index in [2.05, 4.69) is 20.1 Å². The summed E-state index contributed by atoms with van der Waals surface area (Å²) in [4.78, 5) is 26.2. The molecule has 12 heteroatoms. The number of amides is 2. The second-order valence-electron chi connectivity index (χ2n) is 8.14. The van der Waals surface area contributed by atoms with Crippen LogP contribution >= 0.6 is 0 Å².